The molecule has 24 heavy (non-hydrogen) atoms. The molecule has 7 heteroatoms. The van der Waals surface area contributed by atoms with Crippen molar-refractivity contribution >= 4 is 23.4 Å². The summed E-state index contributed by atoms with van der Waals surface area (Å²) >= 11 is 0. The molecule has 0 aromatic heterocycles. The SMILES string of the molecule is COCCNC(=O)CN1C(=O)[C@@H]2CCCN2C(=O)c2ccccc21. The van der Waals surface area contributed by atoms with Crippen LogP contribution in [0.5, 0.6) is 0 Å². The Labute approximate surface area is 140 Å². The Morgan fingerprint density at radius 2 is 2.12 bits per heavy atom. The third-order valence-electron chi connectivity index (χ3n) is 4.42. The number of benzene rings is 1. The van der Waals surface area contributed by atoms with Crippen LogP contribution in [0.25, 0.3) is 0 Å². The van der Waals surface area contributed by atoms with Gasteiger partial charge in [0.2, 0.25) is 11.8 Å². The smallest absolute Gasteiger partial charge is 0.256 e. The average Bonchev–Trinajstić information content (AvgIpc) is 3.06. The Kier molecular flexibility index (Phi) is 4.80. The summed E-state index contributed by atoms with van der Waals surface area (Å²) in [6.07, 6.45) is 1.44. The van der Waals surface area contributed by atoms with Crippen molar-refractivity contribution in [1.82, 2.24) is 10.2 Å². The van der Waals surface area contributed by atoms with Crippen LogP contribution in [-0.2, 0) is 14.3 Å². The molecular formula is C17H21N3O4. The quantitative estimate of drug-likeness (QED) is 0.792. The first-order valence-electron chi connectivity index (χ1n) is 8.10. The molecule has 1 saturated heterocycles. The predicted molar refractivity (Wildman–Crippen MR) is 87.7 cm³/mol. The Balaban J connectivity index is 1.88. The van der Waals surface area contributed by atoms with E-state index in [2.05, 4.69) is 5.32 Å². The number of rotatable bonds is 5. The lowest BCUT2D eigenvalue weighted by Crippen LogP contribution is -2.48. The third kappa shape index (κ3) is 2.99. The summed E-state index contributed by atoms with van der Waals surface area (Å²) in [5.74, 6) is -0.592. The number of anilines is 1. The van der Waals surface area contributed by atoms with E-state index in [1.807, 2.05) is 0 Å². The zero-order chi connectivity index (χ0) is 17.1. The summed E-state index contributed by atoms with van der Waals surface area (Å²) in [4.78, 5) is 40.9. The standard InChI is InChI=1S/C17H21N3O4/c1-24-10-8-18-15(21)11-20-13-6-3-2-5-12(13)16(22)19-9-4-7-14(19)17(20)23/h2-3,5-6,14H,4,7-11H2,1H3,(H,18,21)/t14-/m0/s1. The molecular weight excluding hydrogens is 310 g/mol. The van der Waals surface area contributed by atoms with Gasteiger partial charge in [0, 0.05) is 20.2 Å². The van der Waals surface area contributed by atoms with E-state index in [9.17, 15) is 14.4 Å². The summed E-state index contributed by atoms with van der Waals surface area (Å²) < 4.78 is 4.90. The summed E-state index contributed by atoms with van der Waals surface area (Å²) in [7, 11) is 1.56. The fourth-order valence-electron chi connectivity index (χ4n) is 3.26. The number of fused-ring (bicyclic) bond motifs is 2. The molecule has 3 amide bonds. The minimum absolute atomic E-state index is 0.100. The molecule has 7 nitrogen and oxygen atoms in total. The fraction of sp³-hybridized carbons (Fsp3) is 0.471. The summed E-state index contributed by atoms with van der Waals surface area (Å²) in [6, 6.07) is 6.49. The maximum atomic E-state index is 12.9. The van der Waals surface area contributed by atoms with Crippen LogP contribution in [0.4, 0.5) is 5.69 Å². The van der Waals surface area contributed by atoms with Gasteiger partial charge in [0.15, 0.2) is 0 Å². The van der Waals surface area contributed by atoms with Gasteiger partial charge in [-0.25, -0.2) is 0 Å². The second kappa shape index (κ2) is 7.00. The molecule has 3 rings (SSSR count). The van der Waals surface area contributed by atoms with E-state index in [1.165, 1.54) is 4.90 Å². The van der Waals surface area contributed by atoms with Crippen LogP contribution in [0.3, 0.4) is 0 Å². The molecule has 2 aliphatic rings. The van der Waals surface area contributed by atoms with E-state index in [0.717, 1.165) is 6.42 Å². The Hall–Kier alpha value is -2.41. The summed E-state index contributed by atoms with van der Waals surface area (Å²) in [6.45, 7) is 1.27. The highest BCUT2D eigenvalue weighted by molar-refractivity contribution is 6.12. The van der Waals surface area contributed by atoms with Crippen LogP contribution < -0.4 is 10.2 Å². The van der Waals surface area contributed by atoms with Gasteiger partial charge in [-0.2, -0.15) is 0 Å². The molecule has 0 bridgehead atoms. The molecule has 0 aliphatic carbocycles. The first-order valence-corrected chi connectivity index (χ1v) is 8.10. The van der Waals surface area contributed by atoms with Gasteiger partial charge in [-0.1, -0.05) is 12.1 Å². The topological polar surface area (TPSA) is 79.0 Å². The highest BCUT2D eigenvalue weighted by Crippen LogP contribution is 2.32. The highest BCUT2D eigenvalue weighted by atomic mass is 16.5. The van der Waals surface area contributed by atoms with Crippen molar-refractivity contribution in [2.75, 3.05) is 38.3 Å². The fourth-order valence-corrected chi connectivity index (χ4v) is 3.26. The third-order valence-corrected chi connectivity index (χ3v) is 4.42. The zero-order valence-corrected chi connectivity index (χ0v) is 13.7. The maximum absolute atomic E-state index is 12.9. The van der Waals surface area contributed by atoms with Crippen molar-refractivity contribution in [3.63, 3.8) is 0 Å². The van der Waals surface area contributed by atoms with Crippen molar-refractivity contribution in [3.8, 4) is 0 Å². The van der Waals surface area contributed by atoms with Gasteiger partial charge in [-0.05, 0) is 25.0 Å². The van der Waals surface area contributed by atoms with Gasteiger partial charge in [0.05, 0.1) is 17.9 Å². The van der Waals surface area contributed by atoms with Gasteiger partial charge in [0.25, 0.3) is 5.91 Å². The lowest BCUT2D eigenvalue weighted by atomic mass is 10.1. The maximum Gasteiger partial charge on any atom is 0.256 e. The van der Waals surface area contributed by atoms with Gasteiger partial charge in [-0.3, -0.25) is 14.4 Å². The molecule has 0 spiro atoms. The van der Waals surface area contributed by atoms with Crippen LogP contribution in [-0.4, -0.2) is 62.0 Å². The molecule has 0 radical (unpaired) electrons. The number of carbonyl (C=O) groups excluding carboxylic acids is 3. The van der Waals surface area contributed by atoms with E-state index in [-0.39, 0.29) is 24.3 Å². The molecule has 1 N–H and O–H groups in total. The predicted octanol–water partition coefficient (Wildman–Crippen LogP) is 0.400. The lowest BCUT2D eigenvalue weighted by molar-refractivity contribution is -0.125. The first kappa shape index (κ1) is 16.4. The second-order valence-corrected chi connectivity index (χ2v) is 5.94. The van der Waals surface area contributed by atoms with Crippen molar-refractivity contribution in [2.45, 2.75) is 18.9 Å². The number of hydrogen-bond donors (Lipinski definition) is 1. The molecule has 1 aromatic rings. The molecule has 128 valence electrons. The zero-order valence-electron chi connectivity index (χ0n) is 13.7. The van der Waals surface area contributed by atoms with Crippen LogP contribution >= 0.6 is 0 Å². The van der Waals surface area contributed by atoms with Gasteiger partial charge in [0.1, 0.15) is 12.6 Å². The van der Waals surface area contributed by atoms with Crippen LogP contribution in [0, 0.1) is 0 Å². The van der Waals surface area contributed by atoms with E-state index < -0.39 is 6.04 Å². The minimum atomic E-state index is -0.475. The molecule has 1 aromatic carbocycles. The van der Waals surface area contributed by atoms with E-state index >= 15 is 0 Å². The Morgan fingerprint density at radius 1 is 1.33 bits per heavy atom. The molecule has 1 atom stereocenters. The lowest BCUT2D eigenvalue weighted by Gasteiger charge is -2.25. The van der Waals surface area contributed by atoms with Crippen molar-refractivity contribution in [2.24, 2.45) is 0 Å². The summed E-state index contributed by atoms with van der Waals surface area (Å²) in [5.41, 5.74) is 0.976. The Bertz CT molecular complexity index is 661. The van der Waals surface area contributed by atoms with Crippen LogP contribution in [0.1, 0.15) is 23.2 Å². The molecule has 0 unspecified atom stereocenters. The number of hydrogen-bond acceptors (Lipinski definition) is 4. The van der Waals surface area contributed by atoms with E-state index in [0.29, 0.717) is 37.4 Å². The molecule has 2 heterocycles. The van der Waals surface area contributed by atoms with Gasteiger partial charge >= 0.3 is 0 Å². The average molecular weight is 331 g/mol. The molecule has 0 saturated carbocycles. The summed E-state index contributed by atoms with van der Waals surface area (Å²) in [5, 5.41) is 2.72. The number of methoxy groups -OCH3 is 1. The van der Waals surface area contributed by atoms with Crippen molar-refractivity contribution < 1.29 is 19.1 Å². The van der Waals surface area contributed by atoms with Crippen molar-refractivity contribution in [1.29, 1.82) is 0 Å². The number of amides is 3. The first-order chi connectivity index (χ1) is 11.6. The number of nitrogens with zero attached hydrogens (tertiary/aromatic N) is 2. The minimum Gasteiger partial charge on any atom is -0.383 e. The number of carbonyl (C=O) groups is 3. The number of nitrogens with one attached hydrogen (secondary N) is 1. The molecule has 2 aliphatic heterocycles. The Morgan fingerprint density at radius 3 is 2.92 bits per heavy atom. The van der Waals surface area contributed by atoms with Crippen LogP contribution in [0.2, 0.25) is 0 Å². The number of ether oxygens (including phenoxy) is 1. The molecule has 1 fully saturated rings. The van der Waals surface area contributed by atoms with Gasteiger partial charge < -0.3 is 19.9 Å². The van der Waals surface area contributed by atoms with Crippen LogP contribution in [0.15, 0.2) is 24.3 Å². The second-order valence-electron chi connectivity index (χ2n) is 5.94. The number of para-hydroxylation sites is 1. The monoisotopic (exact) mass is 331 g/mol. The largest absolute Gasteiger partial charge is 0.383 e. The van der Waals surface area contributed by atoms with E-state index in [4.69, 9.17) is 4.74 Å². The highest BCUT2D eigenvalue weighted by Gasteiger charge is 2.42. The van der Waals surface area contributed by atoms with E-state index in [1.54, 1.807) is 36.3 Å². The van der Waals surface area contributed by atoms with Crippen molar-refractivity contribution in [3.05, 3.63) is 29.8 Å². The van der Waals surface area contributed by atoms with Gasteiger partial charge in [-0.15, -0.1) is 0 Å². The normalized spacial score (nSPS) is 19.8.